The van der Waals surface area contributed by atoms with Crippen LogP contribution in [0.5, 0.6) is 11.5 Å². The van der Waals surface area contributed by atoms with Crippen molar-refractivity contribution in [2.75, 3.05) is 12.1 Å². The number of hydrogen-bond donors (Lipinski definition) is 2. The van der Waals surface area contributed by atoms with Crippen LogP contribution in [0, 0.1) is 6.92 Å². The van der Waals surface area contributed by atoms with Crippen molar-refractivity contribution in [1.29, 1.82) is 0 Å². The Morgan fingerprint density at radius 3 is 2.88 bits per heavy atom. The number of ether oxygens (including phenoxy) is 2. The fourth-order valence-corrected chi connectivity index (χ4v) is 2.31. The average Bonchev–Trinajstić information content (AvgIpc) is 3.02. The van der Waals surface area contributed by atoms with E-state index in [1.807, 2.05) is 49.4 Å². The molecule has 124 valence electrons. The van der Waals surface area contributed by atoms with E-state index in [2.05, 4.69) is 15.8 Å². The molecule has 0 spiro atoms. The monoisotopic (exact) mass is 325 g/mol. The molecule has 0 radical (unpaired) electrons. The summed E-state index contributed by atoms with van der Waals surface area (Å²) in [5.74, 6) is 1.18. The minimum Gasteiger partial charge on any atom is -0.454 e. The highest BCUT2D eigenvalue weighted by molar-refractivity contribution is 5.86. The summed E-state index contributed by atoms with van der Waals surface area (Å²) in [5.41, 5.74) is 5.38. The Morgan fingerprint density at radius 1 is 1.21 bits per heavy atom. The van der Waals surface area contributed by atoms with Gasteiger partial charge in [-0.2, -0.15) is 5.10 Å². The Balaban J connectivity index is 1.54. The smallest absolute Gasteiger partial charge is 0.262 e. The number of carbonyl (C=O) groups is 1. The van der Waals surface area contributed by atoms with Crippen LogP contribution in [0.1, 0.15) is 18.1 Å². The fourth-order valence-electron chi connectivity index (χ4n) is 2.31. The molecule has 1 atom stereocenters. The highest BCUT2D eigenvalue weighted by atomic mass is 16.7. The predicted molar refractivity (Wildman–Crippen MR) is 92.6 cm³/mol. The summed E-state index contributed by atoms with van der Waals surface area (Å²) in [5, 5.41) is 7.13. The second-order valence-electron chi connectivity index (χ2n) is 5.58. The van der Waals surface area contributed by atoms with E-state index in [9.17, 15) is 4.79 Å². The molecule has 1 aliphatic heterocycles. The average molecular weight is 325 g/mol. The molecule has 2 aromatic rings. The number of rotatable bonds is 5. The van der Waals surface area contributed by atoms with Gasteiger partial charge in [-0.05, 0) is 55.3 Å². The van der Waals surface area contributed by atoms with Gasteiger partial charge in [-0.3, -0.25) is 4.79 Å². The molecule has 2 aromatic carbocycles. The number of anilines is 1. The van der Waals surface area contributed by atoms with Crippen molar-refractivity contribution in [1.82, 2.24) is 5.43 Å². The molecule has 0 aliphatic carbocycles. The minimum atomic E-state index is -0.402. The summed E-state index contributed by atoms with van der Waals surface area (Å²) in [7, 11) is 0. The first-order valence-corrected chi connectivity index (χ1v) is 7.67. The van der Waals surface area contributed by atoms with Gasteiger partial charge in [0.1, 0.15) is 6.04 Å². The molecular weight excluding hydrogens is 306 g/mol. The van der Waals surface area contributed by atoms with E-state index in [1.165, 1.54) is 0 Å². The second kappa shape index (κ2) is 7.04. The van der Waals surface area contributed by atoms with Gasteiger partial charge in [0.2, 0.25) is 6.79 Å². The number of fused-ring (bicyclic) bond motifs is 1. The van der Waals surface area contributed by atoms with Crippen molar-refractivity contribution in [3.63, 3.8) is 0 Å². The molecule has 1 heterocycles. The van der Waals surface area contributed by atoms with Gasteiger partial charge < -0.3 is 14.8 Å². The van der Waals surface area contributed by atoms with Crippen LogP contribution in [0.25, 0.3) is 0 Å². The number of aryl methyl sites for hydroxylation is 1. The van der Waals surface area contributed by atoms with Gasteiger partial charge in [-0.1, -0.05) is 12.1 Å². The molecule has 3 rings (SSSR count). The molecule has 0 bridgehead atoms. The van der Waals surface area contributed by atoms with Crippen LogP contribution in [0.2, 0.25) is 0 Å². The summed E-state index contributed by atoms with van der Waals surface area (Å²) in [4.78, 5) is 12.1. The number of benzene rings is 2. The molecule has 1 amide bonds. The number of nitrogens with one attached hydrogen (secondary N) is 2. The van der Waals surface area contributed by atoms with Crippen LogP contribution < -0.4 is 20.2 Å². The van der Waals surface area contributed by atoms with Crippen LogP contribution in [-0.4, -0.2) is 25.0 Å². The second-order valence-corrected chi connectivity index (χ2v) is 5.58. The Hall–Kier alpha value is -3.02. The molecule has 0 fully saturated rings. The first-order chi connectivity index (χ1) is 11.6. The molecule has 2 N–H and O–H groups in total. The maximum atomic E-state index is 12.1. The summed E-state index contributed by atoms with van der Waals surface area (Å²) < 4.78 is 10.5. The Bertz CT molecular complexity index is 774. The van der Waals surface area contributed by atoms with Gasteiger partial charge in [-0.15, -0.1) is 0 Å². The molecule has 0 saturated carbocycles. The van der Waals surface area contributed by atoms with Gasteiger partial charge in [0.05, 0.1) is 6.21 Å². The van der Waals surface area contributed by atoms with E-state index in [0.717, 1.165) is 16.8 Å². The summed E-state index contributed by atoms with van der Waals surface area (Å²) in [6.07, 6.45) is 1.57. The van der Waals surface area contributed by atoms with Crippen LogP contribution in [0.4, 0.5) is 5.69 Å². The quantitative estimate of drug-likeness (QED) is 0.655. The van der Waals surface area contributed by atoms with Crippen LogP contribution >= 0.6 is 0 Å². The number of hydrogen-bond acceptors (Lipinski definition) is 5. The zero-order chi connectivity index (χ0) is 16.9. The van der Waals surface area contributed by atoms with E-state index in [0.29, 0.717) is 11.5 Å². The topological polar surface area (TPSA) is 72.0 Å². The molecule has 24 heavy (non-hydrogen) atoms. The molecule has 6 nitrogen and oxygen atoms in total. The number of nitrogens with zero attached hydrogens (tertiary/aromatic N) is 1. The third-order valence-corrected chi connectivity index (χ3v) is 3.58. The first-order valence-electron chi connectivity index (χ1n) is 7.67. The summed E-state index contributed by atoms with van der Waals surface area (Å²) in [6.45, 7) is 4.02. The highest BCUT2D eigenvalue weighted by Gasteiger charge is 2.13. The lowest BCUT2D eigenvalue weighted by Crippen LogP contribution is -2.34. The SMILES string of the molecule is Cc1cccc(N[C@@H](C)C(=O)N/N=C\c2ccc3c(c2)OCO3)c1. The van der Waals surface area contributed by atoms with E-state index in [4.69, 9.17) is 9.47 Å². The Morgan fingerprint density at radius 2 is 2.04 bits per heavy atom. The zero-order valence-corrected chi connectivity index (χ0v) is 13.6. The largest absolute Gasteiger partial charge is 0.454 e. The highest BCUT2D eigenvalue weighted by Crippen LogP contribution is 2.31. The normalized spacial score (nSPS) is 13.8. The molecule has 0 saturated heterocycles. The fraction of sp³-hybridized carbons (Fsp3) is 0.222. The number of amides is 1. The molecular formula is C18H19N3O3. The Labute approximate surface area is 140 Å². The number of hydrazone groups is 1. The zero-order valence-electron chi connectivity index (χ0n) is 13.6. The maximum Gasteiger partial charge on any atom is 0.262 e. The first kappa shape index (κ1) is 15.9. The lowest BCUT2D eigenvalue weighted by Gasteiger charge is -2.13. The van der Waals surface area contributed by atoms with Crippen molar-refractivity contribution < 1.29 is 14.3 Å². The standard InChI is InChI=1S/C18H19N3O3/c1-12-4-3-5-15(8-12)20-13(2)18(22)21-19-10-14-6-7-16-17(9-14)24-11-23-16/h3-10,13,20H,11H2,1-2H3,(H,21,22)/b19-10-/t13-/m0/s1. The van der Waals surface area contributed by atoms with Gasteiger partial charge in [0.25, 0.3) is 5.91 Å². The summed E-state index contributed by atoms with van der Waals surface area (Å²) in [6, 6.07) is 12.9. The van der Waals surface area contributed by atoms with Crippen LogP contribution in [-0.2, 0) is 4.79 Å². The van der Waals surface area contributed by atoms with Gasteiger partial charge in [-0.25, -0.2) is 5.43 Å². The van der Waals surface area contributed by atoms with Crippen LogP contribution in [0.3, 0.4) is 0 Å². The lowest BCUT2D eigenvalue weighted by molar-refractivity contribution is -0.121. The molecule has 6 heteroatoms. The van der Waals surface area contributed by atoms with Crippen LogP contribution in [0.15, 0.2) is 47.6 Å². The van der Waals surface area contributed by atoms with Crippen molar-refractivity contribution >= 4 is 17.8 Å². The van der Waals surface area contributed by atoms with Crippen molar-refractivity contribution in [3.8, 4) is 11.5 Å². The molecule has 0 aromatic heterocycles. The Kier molecular flexibility index (Phi) is 4.65. The minimum absolute atomic E-state index is 0.214. The summed E-state index contributed by atoms with van der Waals surface area (Å²) >= 11 is 0. The van der Waals surface area contributed by atoms with Gasteiger partial charge in [0.15, 0.2) is 11.5 Å². The lowest BCUT2D eigenvalue weighted by atomic mass is 10.2. The van der Waals surface area contributed by atoms with E-state index < -0.39 is 6.04 Å². The third kappa shape index (κ3) is 3.84. The van der Waals surface area contributed by atoms with E-state index in [-0.39, 0.29) is 12.7 Å². The predicted octanol–water partition coefficient (Wildman–Crippen LogP) is 2.67. The van der Waals surface area contributed by atoms with Crippen molar-refractivity contribution in [2.45, 2.75) is 19.9 Å². The van der Waals surface area contributed by atoms with Crippen molar-refractivity contribution in [2.24, 2.45) is 5.10 Å². The third-order valence-electron chi connectivity index (χ3n) is 3.58. The van der Waals surface area contributed by atoms with Crippen molar-refractivity contribution in [3.05, 3.63) is 53.6 Å². The van der Waals surface area contributed by atoms with Gasteiger partial charge >= 0.3 is 0 Å². The van der Waals surface area contributed by atoms with Gasteiger partial charge in [0, 0.05) is 5.69 Å². The number of carbonyl (C=O) groups excluding carboxylic acids is 1. The van der Waals surface area contributed by atoms with E-state index >= 15 is 0 Å². The maximum absolute atomic E-state index is 12.1. The van der Waals surface area contributed by atoms with E-state index in [1.54, 1.807) is 13.1 Å². The molecule has 0 unspecified atom stereocenters. The molecule has 1 aliphatic rings.